The quantitative estimate of drug-likeness (QED) is 0.735. The summed E-state index contributed by atoms with van der Waals surface area (Å²) in [5.41, 5.74) is 0.778. The van der Waals surface area contributed by atoms with Gasteiger partial charge in [0.2, 0.25) is 0 Å². The van der Waals surface area contributed by atoms with Crippen molar-refractivity contribution in [1.29, 1.82) is 0 Å². The maximum atomic E-state index is 12.4. The highest BCUT2D eigenvalue weighted by molar-refractivity contribution is 5.97. The fourth-order valence-corrected chi connectivity index (χ4v) is 3.53. The Kier molecular flexibility index (Phi) is 8.85. The second kappa shape index (κ2) is 10.9. The summed E-state index contributed by atoms with van der Waals surface area (Å²) in [6, 6.07) is 8.23. The predicted octanol–water partition coefficient (Wildman–Crippen LogP) is 2.45. The Morgan fingerprint density at radius 3 is 2.54 bits per heavy atom. The van der Waals surface area contributed by atoms with E-state index in [1.165, 1.54) is 19.3 Å². The highest BCUT2D eigenvalue weighted by Crippen LogP contribution is 2.15. The minimum Gasteiger partial charge on any atom is -0.494 e. The number of ketones is 1. The van der Waals surface area contributed by atoms with Gasteiger partial charge in [0, 0.05) is 37.8 Å². The smallest absolute Gasteiger partial charge is 0.176 e. The lowest BCUT2D eigenvalue weighted by molar-refractivity contribution is 0.0876. The number of piperidine rings is 1. The number of carbonyl (C=O) groups is 1. The number of Topliss-reactive ketones (excluding diaryl/α,β-unsaturated/α-hetero) is 1. The van der Waals surface area contributed by atoms with Gasteiger partial charge in [0.05, 0.1) is 13.2 Å². The first-order chi connectivity index (χ1) is 12.2. The summed E-state index contributed by atoms with van der Waals surface area (Å²) in [5.74, 6) is 1.05. The lowest BCUT2D eigenvalue weighted by atomic mass is 10.0. The normalized spacial score (nSPS) is 21.8. The summed E-state index contributed by atoms with van der Waals surface area (Å²) < 4.78 is 5.84. The summed E-state index contributed by atoms with van der Waals surface area (Å²) >= 11 is 0. The molecular formula is C20H32ClN3O2. The topological polar surface area (TPSA) is 44.8 Å². The number of likely N-dealkylation sites (N-methyl/N-ethyl adjacent to an activating group) is 1. The van der Waals surface area contributed by atoms with Crippen molar-refractivity contribution in [2.75, 3.05) is 52.9 Å². The zero-order valence-electron chi connectivity index (χ0n) is 15.8. The van der Waals surface area contributed by atoms with E-state index in [9.17, 15) is 4.79 Å². The number of nitrogens with zero attached hydrogens (tertiary/aromatic N) is 2. The molecule has 5 nitrogen and oxygen atoms in total. The summed E-state index contributed by atoms with van der Waals surface area (Å²) in [4.78, 5) is 17.0. The summed E-state index contributed by atoms with van der Waals surface area (Å²) in [6.07, 6.45) is 4.91. The van der Waals surface area contributed by atoms with E-state index >= 15 is 0 Å². The molecule has 0 bridgehead atoms. The second-order valence-corrected chi connectivity index (χ2v) is 7.31. The van der Waals surface area contributed by atoms with Crippen LogP contribution in [0.15, 0.2) is 24.3 Å². The van der Waals surface area contributed by atoms with Crippen molar-refractivity contribution in [3.8, 4) is 5.75 Å². The van der Waals surface area contributed by atoms with Crippen molar-refractivity contribution in [3.63, 3.8) is 0 Å². The van der Waals surface area contributed by atoms with Crippen LogP contribution >= 0.6 is 12.4 Å². The van der Waals surface area contributed by atoms with E-state index in [1.807, 2.05) is 24.3 Å². The Morgan fingerprint density at radius 1 is 1.15 bits per heavy atom. The highest BCUT2D eigenvalue weighted by atomic mass is 35.5. The largest absolute Gasteiger partial charge is 0.494 e. The molecule has 26 heavy (non-hydrogen) atoms. The number of hydrogen-bond donors (Lipinski definition) is 1. The third-order valence-electron chi connectivity index (χ3n) is 5.29. The standard InChI is InChI=1S/C20H31N3O2.ClH/c1-22-11-13-23(14-12-22)16-20(24)17-5-7-19(8-6-17)25-15-9-18-4-2-3-10-21-18;/h5-8,18,21H,2-4,9-16H2,1H3;1H. The van der Waals surface area contributed by atoms with Crippen LogP contribution in [0.2, 0.25) is 0 Å². The van der Waals surface area contributed by atoms with Crippen LogP contribution < -0.4 is 10.1 Å². The van der Waals surface area contributed by atoms with E-state index in [4.69, 9.17) is 4.74 Å². The molecule has 2 heterocycles. The Labute approximate surface area is 163 Å². The number of benzene rings is 1. The molecule has 0 radical (unpaired) electrons. The van der Waals surface area contributed by atoms with E-state index < -0.39 is 0 Å². The fraction of sp³-hybridized carbons (Fsp3) is 0.650. The van der Waals surface area contributed by atoms with Gasteiger partial charge in [-0.25, -0.2) is 0 Å². The highest BCUT2D eigenvalue weighted by Gasteiger charge is 2.17. The number of rotatable bonds is 7. The summed E-state index contributed by atoms with van der Waals surface area (Å²) in [5, 5.41) is 3.54. The Morgan fingerprint density at radius 2 is 1.88 bits per heavy atom. The van der Waals surface area contributed by atoms with Crippen LogP contribution in [-0.4, -0.2) is 74.5 Å². The summed E-state index contributed by atoms with van der Waals surface area (Å²) in [7, 11) is 2.13. The molecule has 1 unspecified atom stereocenters. The van der Waals surface area contributed by atoms with E-state index in [0.29, 0.717) is 12.6 Å². The summed E-state index contributed by atoms with van der Waals surface area (Å²) in [6.45, 7) is 6.39. The molecule has 2 aliphatic rings. The first-order valence-corrected chi connectivity index (χ1v) is 9.61. The van der Waals surface area contributed by atoms with Crippen LogP contribution in [0, 0.1) is 0 Å². The second-order valence-electron chi connectivity index (χ2n) is 7.31. The molecule has 0 aromatic heterocycles. The van der Waals surface area contributed by atoms with Crippen molar-refractivity contribution in [2.45, 2.75) is 31.7 Å². The third-order valence-corrected chi connectivity index (χ3v) is 5.29. The molecule has 3 rings (SSSR count). The fourth-order valence-electron chi connectivity index (χ4n) is 3.53. The van der Waals surface area contributed by atoms with E-state index in [1.54, 1.807) is 0 Å². The van der Waals surface area contributed by atoms with Crippen LogP contribution in [0.25, 0.3) is 0 Å². The van der Waals surface area contributed by atoms with Gasteiger partial charge in [-0.2, -0.15) is 0 Å². The van der Waals surface area contributed by atoms with Gasteiger partial charge in [0.15, 0.2) is 5.78 Å². The molecule has 2 fully saturated rings. The number of halogens is 1. The van der Waals surface area contributed by atoms with Gasteiger partial charge in [0.25, 0.3) is 0 Å². The lowest BCUT2D eigenvalue weighted by Crippen LogP contribution is -2.46. The first-order valence-electron chi connectivity index (χ1n) is 9.61. The van der Waals surface area contributed by atoms with Gasteiger partial charge in [-0.1, -0.05) is 6.42 Å². The Bertz CT molecular complexity index is 538. The monoisotopic (exact) mass is 381 g/mol. The minimum atomic E-state index is 0. The van der Waals surface area contributed by atoms with Crippen molar-refractivity contribution in [2.24, 2.45) is 0 Å². The van der Waals surface area contributed by atoms with Crippen molar-refractivity contribution < 1.29 is 9.53 Å². The predicted molar refractivity (Wildman–Crippen MR) is 108 cm³/mol. The number of ether oxygens (including phenoxy) is 1. The zero-order valence-corrected chi connectivity index (χ0v) is 16.6. The minimum absolute atomic E-state index is 0. The van der Waals surface area contributed by atoms with E-state index in [0.717, 1.165) is 57.1 Å². The Balaban J connectivity index is 0.00000243. The molecule has 146 valence electrons. The number of piperazine rings is 1. The van der Waals surface area contributed by atoms with Crippen LogP contribution in [0.3, 0.4) is 0 Å². The number of hydrogen-bond acceptors (Lipinski definition) is 5. The Hall–Kier alpha value is -1.14. The zero-order chi connectivity index (χ0) is 17.5. The van der Waals surface area contributed by atoms with Gasteiger partial charge >= 0.3 is 0 Å². The van der Waals surface area contributed by atoms with Crippen LogP contribution in [0.4, 0.5) is 0 Å². The molecule has 0 saturated carbocycles. The van der Waals surface area contributed by atoms with Gasteiger partial charge < -0.3 is 15.0 Å². The van der Waals surface area contributed by atoms with Gasteiger partial charge in [0.1, 0.15) is 5.75 Å². The molecule has 1 aromatic rings. The molecule has 2 aliphatic heterocycles. The van der Waals surface area contributed by atoms with E-state index in [2.05, 4.69) is 22.2 Å². The maximum Gasteiger partial charge on any atom is 0.176 e. The average molecular weight is 382 g/mol. The van der Waals surface area contributed by atoms with Gasteiger partial charge in [-0.15, -0.1) is 12.4 Å². The SMILES string of the molecule is CN1CCN(CC(=O)c2ccc(OCCC3CCCCN3)cc2)CC1.Cl. The van der Waals surface area contributed by atoms with E-state index in [-0.39, 0.29) is 18.2 Å². The number of nitrogens with one attached hydrogen (secondary N) is 1. The van der Waals surface area contributed by atoms with Crippen molar-refractivity contribution >= 4 is 18.2 Å². The molecule has 2 saturated heterocycles. The molecule has 1 atom stereocenters. The first kappa shape index (κ1) is 21.2. The third kappa shape index (κ3) is 6.54. The van der Waals surface area contributed by atoms with Gasteiger partial charge in [-0.05, 0) is 57.1 Å². The molecule has 0 aliphatic carbocycles. The number of carbonyl (C=O) groups excluding carboxylic acids is 1. The molecule has 6 heteroatoms. The maximum absolute atomic E-state index is 12.4. The van der Waals surface area contributed by atoms with Gasteiger partial charge in [-0.3, -0.25) is 9.69 Å². The molecule has 1 aromatic carbocycles. The molecular weight excluding hydrogens is 350 g/mol. The average Bonchev–Trinajstić information content (AvgIpc) is 2.65. The molecule has 1 N–H and O–H groups in total. The van der Waals surface area contributed by atoms with Crippen molar-refractivity contribution in [3.05, 3.63) is 29.8 Å². The molecule has 0 amide bonds. The van der Waals surface area contributed by atoms with Crippen LogP contribution in [-0.2, 0) is 0 Å². The lowest BCUT2D eigenvalue weighted by Gasteiger charge is -2.31. The van der Waals surface area contributed by atoms with Crippen LogP contribution in [0.1, 0.15) is 36.0 Å². The van der Waals surface area contributed by atoms with Crippen LogP contribution in [0.5, 0.6) is 5.75 Å². The molecule has 0 spiro atoms. The van der Waals surface area contributed by atoms with Crippen molar-refractivity contribution in [1.82, 2.24) is 15.1 Å².